The van der Waals surface area contributed by atoms with Crippen LogP contribution in [0.1, 0.15) is 81.1 Å². The molecular weight excluding hydrogens is 488 g/mol. The highest BCUT2D eigenvalue weighted by atomic mass is 16.2. The fourth-order valence-corrected chi connectivity index (χ4v) is 4.11. The van der Waals surface area contributed by atoms with E-state index in [-0.39, 0.29) is 29.4 Å². The molecule has 0 spiro atoms. The third-order valence-corrected chi connectivity index (χ3v) is 6.79. The number of carbonyl (C=O) groups excluding carboxylic acids is 5. The zero-order chi connectivity index (χ0) is 29.6. The van der Waals surface area contributed by atoms with Crippen LogP contribution in [0.5, 0.6) is 0 Å². The average Bonchev–Trinajstić information content (AvgIpc) is 2.84. The van der Waals surface area contributed by atoms with Crippen molar-refractivity contribution in [2.45, 2.75) is 111 Å². The molecule has 11 nitrogen and oxygen atoms in total. The number of hydrogen-bond acceptors (Lipinski definition) is 7. The van der Waals surface area contributed by atoms with Gasteiger partial charge < -0.3 is 32.3 Å². The maximum Gasteiger partial charge on any atom is 0.243 e. The topological polar surface area (TPSA) is 172 Å². The number of carbonyl (C=O) groups is 5. The zero-order valence-corrected chi connectivity index (χ0v) is 24.8. The van der Waals surface area contributed by atoms with Gasteiger partial charge in [0.15, 0.2) is 5.78 Å². The van der Waals surface area contributed by atoms with Gasteiger partial charge in [-0.1, -0.05) is 48.0 Å². The molecule has 7 N–H and O–H groups in total. The molecule has 0 aromatic heterocycles. The van der Waals surface area contributed by atoms with Gasteiger partial charge in [0.2, 0.25) is 23.6 Å². The second-order valence-corrected chi connectivity index (χ2v) is 10.8. The Balaban J connectivity index is 5.53. The summed E-state index contributed by atoms with van der Waals surface area (Å²) >= 11 is 0. The molecule has 38 heavy (non-hydrogen) atoms. The van der Waals surface area contributed by atoms with Crippen LogP contribution in [0, 0.1) is 17.8 Å². The van der Waals surface area contributed by atoms with Crippen LogP contribution in [-0.4, -0.2) is 73.2 Å². The number of ketones is 1. The normalized spacial score (nSPS) is 16.1. The number of Topliss-reactive ketones (excluding diaryl/α,β-unsaturated/α-hetero) is 1. The van der Waals surface area contributed by atoms with Gasteiger partial charge in [0, 0.05) is 0 Å². The molecule has 0 aromatic carbocycles. The lowest BCUT2D eigenvalue weighted by molar-refractivity contribution is -0.135. The fraction of sp³-hybridized carbons (Fsp3) is 0.815. The van der Waals surface area contributed by atoms with Gasteiger partial charge in [-0.2, -0.15) is 0 Å². The lowest BCUT2D eigenvalue weighted by Gasteiger charge is -2.28. The van der Waals surface area contributed by atoms with Gasteiger partial charge in [-0.15, -0.1) is 0 Å². The van der Waals surface area contributed by atoms with Crippen LogP contribution in [0.4, 0.5) is 0 Å². The maximum absolute atomic E-state index is 13.3. The molecule has 0 saturated heterocycles. The van der Waals surface area contributed by atoms with E-state index in [1.165, 1.54) is 13.8 Å². The second kappa shape index (κ2) is 17.9. The third kappa shape index (κ3) is 11.9. The van der Waals surface area contributed by atoms with Crippen molar-refractivity contribution in [3.05, 3.63) is 0 Å². The predicted octanol–water partition coefficient (Wildman–Crippen LogP) is 0.610. The van der Waals surface area contributed by atoms with Crippen LogP contribution < -0.4 is 32.3 Å². The van der Waals surface area contributed by atoms with Crippen LogP contribution >= 0.6 is 0 Å². The van der Waals surface area contributed by atoms with E-state index in [0.717, 1.165) is 6.42 Å². The Hall–Kier alpha value is -2.53. The van der Waals surface area contributed by atoms with Gasteiger partial charge in [-0.25, -0.2) is 0 Å². The highest BCUT2D eigenvalue weighted by Gasteiger charge is 2.32. The first-order valence-corrected chi connectivity index (χ1v) is 13.8. The Bertz CT molecular complexity index is 788. The maximum atomic E-state index is 13.3. The smallest absolute Gasteiger partial charge is 0.243 e. The number of nitrogens with one attached hydrogen (secondary N) is 5. The molecule has 0 rings (SSSR count). The SMILES string of the molecule is CCC(C)C(NC)C(=O)NC(CCCCN)C(=O)NC(C(=O)NC(C)C(=O)NC(C(C)=O)C(C)C)C(C)C. The van der Waals surface area contributed by atoms with Crippen molar-refractivity contribution in [2.75, 3.05) is 13.6 Å². The number of nitrogens with two attached hydrogens (primary N) is 1. The van der Waals surface area contributed by atoms with Crippen LogP contribution in [0.3, 0.4) is 0 Å². The molecule has 0 aliphatic carbocycles. The number of unbranched alkanes of at least 4 members (excludes halogenated alkanes) is 1. The molecule has 0 aromatic rings. The molecule has 0 heterocycles. The molecule has 0 saturated carbocycles. The minimum absolute atomic E-state index is 0.0628. The Morgan fingerprint density at radius 3 is 1.66 bits per heavy atom. The summed E-state index contributed by atoms with van der Waals surface area (Å²) in [5, 5.41) is 13.9. The number of hydrogen-bond donors (Lipinski definition) is 6. The monoisotopic (exact) mass is 540 g/mol. The summed E-state index contributed by atoms with van der Waals surface area (Å²) < 4.78 is 0. The lowest BCUT2D eigenvalue weighted by Crippen LogP contribution is -2.59. The standard InChI is InChI=1S/C27H52N6O5/c1-10-17(6)23(29-9)27(38)31-20(13-11-12-14-28)25(36)33-22(16(4)5)26(37)30-18(7)24(35)32-21(15(2)3)19(8)34/h15-18,20-23,29H,10-14,28H2,1-9H3,(H,30,37)(H,31,38)(H,32,35)(H,33,36). The highest BCUT2D eigenvalue weighted by Crippen LogP contribution is 2.11. The molecule has 6 unspecified atom stereocenters. The van der Waals surface area contributed by atoms with E-state index >= 15 is 0 Å². The summed E-state index contributed by atoms with van der Waals surface area (Å²) in [6.07, 6.45) is 2.48. The van der Waals surface area contributed by atoms with Gasteiger partial charge in [0.1, 0.15) is 18.1 Å². The Morgan fingerprint density at radius 1 is 0.684 bits per heavy atom. The zero-order valence-electron chi connectivity index (χ0n) is 24.8. The van der Waals surface area contributed by atoms with E-state index in [0.29, 0.717) is 25.8 Å². The first-order valence-electron chi connectivity index (χ1n) is 13.8. The molecule has 4 amide bonds. The Labute approximate surface area is 228 Å². The largest absolute Gasteiger partial charge is 0.344 e. The van der Waals surface area contributed by atoms with Gasteiger partial charge in [0.25, 0.3) is 0 Å². The van der Waals surface area contributed by atoms with Gasteiger partial charge in [-0.3, -0.25) is 24.0 Å². The van der Waals surface area contributed by atoms with Crippen molar-refractivity contribution >= 4 is 29.4 Å². The molecule has 220 valence electrons. The van der Waals surface area contributed by atoms with Crippen LogP contribution in [0.15, 0.2) is 0 Å². The minimum atomic E-state index is -0.935. The molecule has 6 atom stereocenters. The molecule has 0 aliphatic rings. The van der Waals surface area contributed by atoms with Gasteiger partial charge in [-0.05, 0) is 64.5 Å². The van der Waals surface area contributed by atoms with E-state index in [1.54, 1.807) is 20.9 Å². The van der Waals surface area contributed by atoms with Crippen molar-refractivity contribution < 1.29 is 24.0 Å². The van der Waals surface area contributed by atoms with E-state index < -0.39 is 47.9 Å². The fourth-order valence-electron chi connectivity index (χ4n) is 4.11. The Kier molecular flexibility index (Phi) is 16.7. The van der Waals surface area contributed by atoms with Crippen LogP contribution in [-0.2, 0) is 24.0 Å². The molecule has 11 heteroatoms. The summed E-state index contributed by atoms with van der Waals surface area (Å²) in [6, 6.07) is -3.82. The van der Waals surface area contributed by atoms with E-state index in [9.17, 15) is 24.0 Å². The van der Waals surface area contributed by atoms with Gasteiger partial charge >= 0.3 is 0 Å². The number of amides is 4. The molecule has 0 radical (unpaired) electrons. The van der Waals surface area contributed by atoms with Crippen molar-refractivity contribution in [1.82, 2.24) is 26.6 Å². The molecule has 0 bridgehead atoms. The third-order valence-electron chi connectivity index (χ3n) is 6.79. The summed E-state index contributed by atoms with van der Waals surface area (Å²) in [7, 11) is 1.70. The van der Waals surface area contributed by atoms with Crippen molar-refractivity contribution in [3.8, 4) is 0 Å². The molecule has 0 fully saturated rings. The summed E-state index contributed by atoms with van der Waals surface area (Å²) in [5.41, 5.74) is 5.61. The van der Waals surface area contributed by atoms with Crippen molar-refractivity contribution in [1.29, 1.82) is 0 Å². The summed E-state index contributed by atoms with van der Waals surface area (Å²) in [5.74, 6) is -2.27. The quantitative estimate of drug-likeness (QED) is 0.138. The molecular formula is C27H52N6O5. The van der Waals surface area contributed by atoms with Crippen molar-refractivity contribution in [3.63, 3.8) is 0 Å². The first-order chi connectivity index (χ1) is 17.7. The van der Waals surface area contributed by atoms with Crippen LogP contribution in [0.25, 0.3) is 0 Å². The van der Waals surface area contributed by atoms with Crippen LogP contribution in [0.2, 0.25) is 0 Å². The Morgan fingerprint density at radius 2 is 1.21 bits per heavy atom. The van der Waals surface area contributed by atoms with Crippen molar-refractivity contribution in [2.24, 2.45) is 23.5 Å². The summed E-state index contributed by atoms with van der Waals surface area (Å²) in [4.78, 5) is 63.8. The predicted molar refractivity (Wildman–Crippen MR) is 149 cm³/mol. The van der Waals surface area contributed by atoms with E-state index in [4.69, 9.17) is 5.73 Å². The minimum Gasteiger partial charge on any atom is -0.344 e. The van der Waals surface area contributed by atoms with Gasteiger partial charge in [0.05, 0.1) is 12.1 Å². The second-order valence-electron chi connectivity index (χ2n) is 10.8. The lowest BCUT2D eigenvalue weighted by atomic mass is 9.97. The number of rotatable bonds is 18. The number of likely N-dealkylation sites (N-methyl/N-ethyl adjacent to an activating group) is 1. The van der Waals surface area contributed by atoms with E-state index in [2.05, 4.69) is 26.6 Å². The summed E-state index contributed by atoms with van der Waals surface area (Å²) in [6.45, 7) is 14.5. The van der Waals surface area contributed by atoms with E-state index in [1.807, 2.05) is 27.7 Å². The highest BCUT2D eigenvalue weighted by molar-refractivity contribution is 5.95. The molecule has 0 aliphatic heterocycles. The first kappa shape index (κ1) is 35.5. The average molecular weight is 541 g/mol.